The highest BCUT2D eigenvalue weighted by Crippen LogP contribution is 2.26. The van der Waals surface area contributed by atoms with Crippen LogP contribution in [-0.4, -0.2) is 32.4 Å². The minimum Gasteiger partial charge on any atom is -0.393 e. The van der Waals surface area contributed by atoms with Crippen LogP contribution in [0.4, 0.5) is 0 Å². The normalized spacial score (nSPS) is 15.0. The lowest BCUT2D eigenvalue weighted by Crippen LogP contribution is -2.35. The summed E-state index contributed by atoms with van der Waals surface area (Å²) >= 11 is 11.0. The molecule has 0 bridgehead atoms. The highest BCUT2D eigenvalue weighted by Gasteiger charge is 2.25. The van der Waals surface area contributed by atoms with Gasteiger partial charge in [-0.2, -0.15) is 0 Å². The Hall–Kier alpha value is -3.42. The van der Waals surface area contributed by atoms with E-state index in [4.69, 9.17) is 24.4 Å². The molecule has 0 aliphatic carbocycles. The molecule has 4 aromatic carbocycles. The van der Waals surface area contributed by atoms with E-state index in [1.165, 1.54) is 0 Å². The second-order valence-electron chi connectivity index (χ2n) is 10.7. The highest BCUT2D eigenvalue weighted by molar-refractivity contribution is 7.81. The molecule has 0 saturated heterocycles. The van der Waals surface area contributed by atoms with E-state index in [1.807, 2.05) is 125 Å². The summed E-state index contributed by atoms with van der Waals surface area (Å²) in [4.78, 5) is 1.41. The van der Waals surface area contributed by atoms with Crippen molar-refractivity contribution < 1.29 is 10.2 Å². The fourth-order valence-electron chi connectivity index (χ4n) is 4.54. The number of rotatable bonds is 10. The SMILES string of the molecule is C[C@H]([C@H](C)O)[C@@H](NC(=S)c1ccccc1)c1ccccc1.C[C@H]([C@H](NC(=S)c1ccccc1)c1ccccc1)[C@@H](C)O. The van der Waals surface area contributed by atoms with Gasteiger partial charge in [-0.1, -0.05) is 160 Å². The van der Waals surface area contributed by atoms with Gasteiger partial charge >= 0.3 is 0 Å². The first-order chi connectivity index (χ1) is 20.2. The molecule has 0 aliphatic heterocycles. The predicted octanol–water partition coefficient (Wildman–Crippen LogP) is 7.42. The molecular weight excluding hydrogens is 557 g/mol. The highest BCUT2D eigenvalue weighted by atomic mass is 32.1. The molecule has 6 atom stereocenters. The Morgan fingerprint density at radius 3 is 1.00 bits per heavy atom. The van der Waals surface area contributed by atoms with E-state index in [0.29, 0.717) is 9.98 Å². The first-order valence-electron chi connectivity index (χ1n) is 14.4. The minimum atomic E-state index is -0.415. The van der Waals surface area contributed by atoms with E-state index >= 15 is 0 Å². The molecule has 0 fully saturated rings. The lowest BCUT2D eigenvalue weighted by molar-refractivity contribution is 0.115. The molecule has 0 heterocycles. The van der Waals surface area contributed by atoms with Crippen molar-refractivity contribution in [2.24, 2.45) is 11.8 Å². The summed E-state index contributed by atoms with van der Waals surface area (Å²) in [6.45, 7) is 7.69. The van der Waals surface area contributed by atoms with Crippen molar-refractivity contribution in [3.8, 4) is 0 Å². The van der Waals surface area contributed by atoms with Gasteiger partial charge in [0.05, 0.1) is 24.3 Å². The van der Waals surface area contributed by atoms with Crippen LogP contribution < -0.4 is 10.6 Å². The van der Waals surface area contributed by atoms with Crippen LogP contribution >= 0.6 is 24.4 Å². The van der Waals surface area contributed by atoms with Crippen molar-refractivity contribution in [1.82, 2.24) is 10.6 Å². The lowest BCUT2D eigenvalue weighted by atomic mass is 9.90. The van der Waals surface area contributed by atoms with Crippen molar-refractivity contribution in [1.29, 1.82) is 0 Å². The van der Waals surface area contributed by atoms with E-state index in [1.54, 1.807) is 0 Å². The Morgan fingerprint density at radius 2 is 0.738 bits per heavy atom. The molecule has 0 amide bonds. The Morgan fingerprint density at radius 1 is 0.476 bits per heavy atom. The third kappa shape index (κ3) is 9.85. The predicted molar refractivity (Wildman–Crippen MR) is 183 cm³/mol. The molecule has 4 N–H and O–H groups in total. The fraction of sp³-hybridized carbons (Fsp3) is 0.278. The largest absolute Gasteiger partial charge is 0.393 e. The van der Waals surface area contributed by atoms with E-state index < -0.39 is 12.2 Å². The molecule has 4 nitrogen and oxygen atoms in total. The van der Waals surface area contributed by atoms with Crippen LogP contribution in [0, 0.1) is 11.8 Å². The molecule has 0 aliphatic rings. The van der Waals surface area contributed by atoms with Crippen LogP contribution in [0.25, 0.3) is 0 Å². The van der Waals surface area contributed by atoms with Crippen molar-refractivity contribution in [2.75, 3.05) is 0 Å². The second-order valence-corrected chi connectivity index (χ2v) is 11.5. The summed E-state index contributed by atoms with van der Waals surface area (Å²) in [7, 11) is 0. The van der Waals surface area contributed by atoms with Crippen LogP contribution in [0.3, 0.4) is 0 Å². The lowest BCUT2D eigenvalue weighted by Gasteiger charge is -2.29. The first kappa shape index (κ1) is 33.1. The van der Waals surface area contributed by atoms with Crippen LogP contribution in [0.15, 0.2) is 121 Å². The third-order valence-electron chi connectivity index (χ3n) is 7.54. The van der Waals surface area contributed by atoms with Crippen molar-refractivity contribution in [3.63, 3.8) is 0 Å². The number of thiocarbonyl (C=S) groups is 2. The number of aliphatic hydroxyl groups is 2. The number of hydrogen-bond acceptors (Lipinski definition) is 4. The molecule has 4 aromatic rings. The van der Waals surface area contributed by atoms with Gasteiger partial charge in [0.15, 0.2) is 0 Å². The Bertz CT molecular complexity index is 1240. The Kier molecular flexibility index (Phi) is 13.3. The van der Waals surface area contributed by atoms with Crippen LogP contribution in [-0.2, 0) is 0 Å². The molecule has 220 valence electrons. The molecule has 0 unspecified atom stereocenters. The monoisotopic (exact) mass is 598 g/mol. The maximum atomic E-state index is 9.95. The fourth-order valence-corrected chi connectivity index (χ4v) is 5.07. The van der Waals surface area contributed by atoms with E-state index in [9.17, 15) is 10.2 Å². The summed E-state index contributed by atoms with van der Waals surface area (Å²) in [6, 6.07) is 40.0. The number of benzene rings is 4. The summed E-state index contributed by atoms with van der Waals surface area (Å²) in [6.07, 6.45) is -0.831. The van der Waals surface area contributed by atoms with Gasteiger partial charge in [-0.3, -0.25) is 0 Å². The van der Waals surface area contributed by atoms with Gasteiger partial charge in [0.25, 0.3) is 0 Å². The molecule has 42 heavy (non-hydrogen) atoms. The van der Waals surface area contributed by atoms with Crippen LogP contribution in [0.5, 0.6) is 0 Å². The molecule has 0 aromatic heterocycles. The molecule has 0 radical (unpaired) electrons. The third-order valence-corrected chi connectivity index (χ3v) is 8.24. The van der Waals surface area contributed by atoms with Gasteiger partial charge in [-0.15, -0.1) is 0 Å². The molecule has 0 spiro atoms. The standard InChI is InChI=1S/2C18H21NOS/c2*1-13(14(2)20)17(15-9-5-3-6-10-15)19-18(21)16-11-7-4-8-12-16/h2*3-14,17,20H,1-2H3,(H,19,21)/t2*13-,14+,17-/m10/s1. The number of nitrogens with one attached hydrogen (secondary N) is 2. The van der Waals surface area contributed by atoms with Gasteiger partial charge < -0.3 is 20.8 Å². The molecule has 4 rings (SSSR count). The topological polar surface area (TPSA) is 64.5 Å². The Labute approximate surface area is 261 Å². The van der Waals surface area contributed by atoms with Gasteiger partial charge in [0.2, 0.25) is 0 Å². The molecule has 0 saturated carbocycles. The zero-order valence-electron chi connectivity index (χ0n) is 24.7. The maximum absolute atomic E-state index is 9.95. The van der Waals surface area contributed by atoms with Crippen molar-refractivity contribution >= 4 is 34.4 Å². The number of hydrogen-bond donors (Lipinski definition) is 4. The minimum absolute atomic E-state index is 0.0149. The Balaban J connectivity index is 0.000000230. The van der Waals surface area contributed by atoms with Crippen molar-refractivity contribution in [2.45, 2.75) is 52.0 Å². The van der Waals surface area contributed by atoms with Gasteiger partial charge in [-0.25, -0.2) is 0 Å². The van der Waals surface area contributed by atoms with Gasteiger partial charge in [-0.05, 0) is 25.0 Å². The van der Waals surface area contributed by atoms with Crippen LogP contribution in [0.2, 0.25) is 0 Å². The van der Waals surface area contributed by atoms with Gasteiger partial charge in [0, 0.05) is 23.0 Å². The summed E-state index contributed by atoms with van der Waals surface area (Å²) in [5.74, 6) is 0.100. The molecule has 6 heteroatoms. The summed E-state index contributed by atoms with van der Waals surface area (Å²) in [5, 5.41) is 26.7. The zero-order chi connectivity index (χ0) is 30.5. The quantitative estimate of drug-likeness (QED) is 0.143. The zero-order valence-corrected chi connectivity index (χ0v) is 26.4. The van der Waals surface area contributed by atoms with E-state index in [2.05, 4.69) is 34.9 Å². The van der Waals surface area contributed by atoms with Crippen molar-refractivity contribution in [3.05, 3.63) is 144 Å². The van der Waals surface area contributed by atoms with E-state index in [-0.39, 0.29) is 23.9 Å². The number of aliphatic hydroxyl groups excluding tert-OH is 2. The van der Waals surface area contributed by atoms with Crippen LogP contribution in [0.1, 0.15) is 62.0 Å². The van der Waals surface area contributed by atoms with E-state index in [0.717, 1.165) is 22.3 Å². The smallest absolute Gasteiger partial charge is 0.107 e. The average molecular weight is 599 g/mol. The molecular formula is C36H42N2O2S2. The summed E-state index contributed by atoms with van der Waals surface area (Å²) < 4.78 is 0. The second kappa shape index (κ2) is 16.9. The average Bonchev–Trinajstić information content (AvgIpc) is 3.03. The maximum Gasteiger partial charge on any atom is 0.107 e. The summed E-state index contributed by atoms with van der Waals surface area (Å²) in [5.41, 5.74) is 4.24. The first-order valence-corrected chi connectivity index (χ1v) is 15.2. The van der Waals surface area contributed by atoms with Gasteiger partial charge in [0.1, 0.15) is 9.98 Å².